The summed E-state index contributed by atoms with van der Waals surface area (Å²) >= 11 is 11.9. The van der Waals surface area contributed by atoms with Crippen LogP contribution in [0.4, 0.5) is 5.69 Å². The van der Waals surface area contributed by atoms with E-state index in [9.17, 15) is 0 Å². The van der Waals surface area contributed by atoms with Crippen molar-refractivity contribution in [3.05, 3.63) is 28.2 Å². The second-order valence-corrected chi connectivity index (χ2v) is 3.69. The smallest absolute Gasteiger partial charge is 0.0721 e. The van der Waals surface area contributed by atoms with Gasteiger partial charge in [0.1, 0.15) is 0 Å². The van der Waals surface area contributed by atoms with Crippen molar-refractivity contribution in [3.8, 4) is 0 Å². The Labute approximate surface area is 88.0 Å². The summed E-state index contributed by atoms with van der Waals surface area (Å²) < 4.78 is 0. The molecular weight excluding hydrogens is 207 g/mol. The lowest BCUT2D eigenvalue weighted by atomic mass is 10.2. The summed E-state index contributed by atoms with van der Waals surface area (Å²) in [4.78, 5) is 0. The second-order valence-electron chi connectivity index (χ2n) is 2.88. The number of nitrogens with one attached hydrogen (secondary N) is 1. The molecular formula is C9H12Cl2N2. The molecule has 2 nitrogen and oxygen atoms in total. The van der Waals surface area contributed by atoms with Crippen molar-refractivity contribution in [2.24, 2.45) is 5.73 Å². The highest BCUT2D eigenvalue weighted by molar-refractivity contribution is 6.39. The highest BCUT2D eigenvalue weighted by Crippen LogP contribution is 2.30. The molecule has 0 saturated heterocycles. The van der Waals surface area contributed by atoms with E-state index in [0.717, 1.165) is 5.69 Å². The summed E-state index contributed by atoms with van der Waals surface area (Å²) in [5, 5.41) is 4.38. The fraction of sp³-hybridized carbons (Fsp3) is 0.333. The molecule has 0 spiro atoms. The van der Waals surface area contributed by atoms with Crippen LogP contribution in [0.1, 0.15) is 6.92 Å². The maximum Gasteiger partial charge on any atom is 0.0721 e. The van der Waals surface area contributed by atoms with Crippen LogP contribution in [0.5, 0.6) is 0 Å². The molecule has 1 atom stereocenters. The molecule has 0 aliphatic rings. The van der Waals surface area contributed by atoms with Crippen molar-refractivity contribution >= 4 is 28.9 Å². The second kappa shape index (κ2) is 4.70. The summed E-state index contributed by atoms with van der Waals surface area (Å²) in [6, 6.07) is 5.55. The quantitative estimate of drug-likeness (QED) is 0.820. The number of para-hydroxylation sites is 1. The summed E-state index contributed by atoms with van der Waals surface area (Å²) in [6.45, 7) is 2.52. The van der Waals surface area contributed by atoms with Crippen LogP contribution < -0.4 is 11.1 Å². The van der Waals surface area contributed by atoms with Crippen molar-refractivity contribution in [2.75, 3.05) is 11.9 Å². The Hall–Kier alpha value is -0.440. The van der Waals surface area contributed by atoms with E-state index in [1.54, 1.807) is 12.1 Å². The predicted octanol–water partition coefficient (Wildman–Crippen LogP) is 2.75. The van der Waals surface area contributed by atoms with Gasteiger partial charge in [0.05, 0.1) is 15.7 Å². The Morgan fingerprint density at radius 1 is 1.38 bits per heavy atom. The van der Waals surface area contributed by atoms with Crippen LogP contribution in [0.15, 0.2) is 18.2 Å². The zero-order valence-corrected chi connectivity index (χ0v) is 8.86. The number of nitrogens with two attached hydrogens (primary N) is 1. The lowest BCUT2D eigenvalue weighted by Crippen LogP contribution is -2.25. The molecule has 0 bridgehead atoms. The molecule has 0 saturated carbocycles. The third-order valence-corrected chi connectivity index (χ3v) is 2.34. The first-order chi connectivity index (χ1) is 6.15. The Morgan fingerprint density at radius 2 is 1.92 bits per heavy atom. The van der Waals surface area contributed by atoms with Crippen LogP contribution in [0.2, 0.25) is 10.0 Å². The maximum atomic E-state index is 5.94. The monoisotopic (exact) mass is 218 g/mol. The van der Waals surface area contributed by atoms with Crippen LogP contribution in [-0.4, -0.2) is 12.6 Å². The number of hydrogen-bond acceptors (Lipinski definition) is 2. The highest BCUT2D eigenvalue weighted by Gasteiger charge is 2.06. The van der Waals surface area contributed by atoms with Crippen LogP contribution in [0.25, 0.3) is 0 Å². The van der Waals surface area contributed by atoms with E-state index >= 15 is 0 Å². The van der Waals surface area contributed by atoms with Gasteiger partial charge in [0.25, 0.3) is 0 Å². The summed E-state index contributed by atoms with van der Waals surface area (Å²) in [5.41, 5.74) is 6.22. The zero-order chi connectivity index (χ0) is 9.84. The van der Waals surface area contributed by atoms with Gasteiger partial charge in [-0.25, -0.2) is 0 Å². The summed E-state index contributed by atoms with van der Waals surface area (Å²) in [6.07, 6.45) is 0. The van der Waals surface area contributed by atoms with Gasteiger partial charge in [-0.1, -0.05) is 29.3 Å². The van der Waals surface area contributed by atoms with E-state index in [4.69, 9.17) is 28.9 Å². The number of anilines is 1. The molecule has 13 heavy (non-hydrogen) atoms. The largest absolute Gasteiger partial charge is 0.379 e. The van der Waals surface area contributed by atoms with E-state index in [2.05, 4.69) is 5.32 Å². The third kappa shape index (κ3) is 2.76. The van der Waals surface area contributed by atoms with Gasteiger partial charge in [-0.15, -0.1) is 0 Å². The molecule has 0 amide bonds. The Kier molecular flexibility index (Phi) is 3.85. The van der Waals surface area contributed by atoms with Crippen molar-refractivity contribution in [3.63, 3.8) is 0 Å². The minimum absolute atomic E-state index is 0.164. The Balaban J connectivity index is 2.87. The SMILES string of the molecule is CC(CN)Nc1c(Cl)cccc1Cl. The molecule has 1 rings (SSSR count). The van der Waals surface area contributed by atoms with Crippen molar-refractivity contribution < 1.29 is 0 Å². The van der Waals surface area contributed by atoms with Crippen molar-refractivity contribution in [1.29, 1.82) is 0 Å². The fourth-order valence-electron chi connectivity index (χ4n) is 0.941. The fourth-order valence-corrected chi connectivity index (χ4v) is 1.45. The van der Waals surface area contributed by atoms with E-state index in [1.165, 1.54) is 0 Å². The molecule has 0 heterocycles. The number of rotatable bonds is 3. The summed E-state index contributed by atoms with van der Waals surface area (Å²) in [7, 11) is 0. The molecule has 0 aliphatic carbocycles. The average molecular weight is 219 g/mol. The van der Waals surface area contributed by atoms with Crippen molar-refractivity contribution in [1.82, 2.24) is 0 Å². The maximum absolute atomic E-state index is 5.94. The van der Waals surface area contributed by atoms with Gasteiger partial charge in [-0.2, -0.15) is 0 Å². The van der Waals surface area contributed by atoms with E-state index in [0.29, 0.717) is 16.6 Å². The molecule has 4 heteroatoms. The molecule has 0 aromatic heterocycles. The zero-order valence-electron chi connectivity index (χ0n) is 7.35. The van der Waals surface area contributed by atoms with E-state index in [-0.39, 0.29) is 6.04 Å². The van der Waals surface area contributed by atoms with Gasteiger partial charge in [-0.05, 0) is 19.1 Å². The van der Waals surface area contributed by atoms with Gasteiger partial charge in [-0.3, -0.25) is 0 Å². The molecule has 3 N–H and O–H groups in total. The van der Waals surface area contributed by atoms with Gasteiger partial charge in [0, 0.05) is 12.6 Å². The van der Waals surface area contributed by atoms with Gasteiger partial charge in [0.15, 0.2) is 0 Å². The third-order valence-electron chi connectivity index (χ3n) is 1.71. The first-order valence-corrected chi connectivity index (χ1v) is 4.81. The lowest BCUT2D eigenvalue weighted by Gasteiger charge is -2.15. The first kappa shape index (κ1) is 10.6. The Bertz CT molecular complexity index is 269. The topological polar surface area (TPSA) is 38.0 Å². The molecule has 0 radical (unpaired) electrons. The molecule has 1 aromatic carbocycles. The van der Waals surface area contributed by atoms with Crippen molar-refractivity contribution in [2.45, 2.75) is 13.0 Å². The first-order valence-electron chi connectivity index (χ1n) is 4.05. The van der Waals surface area contributed by atoms with Gasteiger partial charge >= 0.3 is 0 Å². The van der Waals surface area contributed by atoms with Crippen LogP contribution in [0, 0.1) is 0 Å². The van der Waals surface area contributed by atoms with E-state index < -0.39 is 0 Å². The molecule has 72 valence electrons. The highest BCUT2D eigenvalue weighted by atomic mass is 35.5. The minimum Gasteiger partial charge on any atom is -0.379 e. The van der Waals surface area contributed by atoms with Gasteiger partial charge in [0.2, 0.25) is 0 Å². The number of halogens is 2. The predicted molar refractivity (Wildman–Crippen MR) is 58.6 cm³/mol. The van der Waals surface area contributed by atoms with Gasteiger partial charge < -0.3 is 11.1 Å². The lowest BCUT2D eigenvalue weighted by molar-refractivity contribution is 0.804. The number of benzene rings is 1. The van der Waals surface area contributed by atoms with E-state index in [1.807, 2.05) is 13.0 Å². The van der Waals surface area contributed by atoms with Crippen LogP contribution in [0.3, 0.4) is 0 Å². The molecule has 1 aromatic rings. The molecule has 0 fully saturated rings. The standard InChI is InChI=1S/C9H12Cl2N2/c1-6(5-12)13-9-7(10)3-2-4-8(9)11/h2-4,6,13H,5,12H2,1H3. The Morgan fingerprint density at radius 3 is 2.38 bits per heavy atom. The minimum atomic E-state index is 0.164. The van der Waals surface area contributed by atoms with Crippen LogP contribution in [-0.2, 0) is 0 Å². The molecule has 1 unspecified atom stereocenters. The van der Waals surface area contributed by atoms with Crippen LogP contribution >= 0.6 is 23.2 Å². The molecule has 0 aliphatic heterocycles. The number of hydrogen-bond donors (Lipinski definition) is 2. The summed E-state index contributed by atoms with van der Waals surface area (Å²) in [5.74, 6) is 0. The average Bonchev–Trinajstić information content (AvgIpc) is 2.11. The normalized spacial score (nSPS) is 12.6.